The molecule has 2 aromatic rings. The third-order valence-electron chi connectivity index (χ3n) is 2.48. The van der Waals surface area contributed by atoms with E-state index in [1.807, 2.05) is 0 Å². The maximum absolute atomic E-state index is 14.0. The van der Waals surface area contributed by atoms with Gasteiger partial charge in [0.05, 0.1) is 20.6 Å². The third kappa shape index (κ3) is 2.82. The summed E-state index contributed by atoms with van der Waals surface area (Å²) in [4.78, 5) is 15.2. The van der Waals surface area contributed by atoms with Crippen molar-refractivity contribution in [1.82, 2.24) is 4.98 Å². The Labute approximate surface area is 121 Å². The first-order valence-electron chi connectivity index (χ1n) is 5.23. The van der Waals surface area contributed by atoms with Crippen molar-refractivity contribution in [3.63, 3.8) is 0 Å². The molecular formula is C12H9BrFNO3S. The first-order valence-corrected chi connectivity index (χ1v) is 6.84. The smallest absolute Gasteiger partial charge is 0.336 e. The number of aromatic nitrogens is 1. The summed E-state index contributed by atoms with van der Waals surface area (Å²) in [7, 11) is 0. The number of hydrogen-bond donors (Lipinski definition) is 1. The minimum absolute atomic E-state index is 0.0787. The molecule has 0 radical (unpaired) electrons. The lowest BCUT2D eigenvalue weighted by atomic mass is 10.2. The van der Waals surface area contributed by atoms with Gasteiger partial charge in [-0.05, 0) is 53.7 Å². The van der Waals surface area contributed by atoms with Gasteiger partial charge in [-0.1, -0.05) is 0 Å². The van der Waals surface area contributed by atoms with Crippen LogP contribution in [0.5, 0.6) is 0 Å². The first kappa shape index (κ1) is 14.1. The second-order valence-corrected chi connectivity index (χ2v) is 5.55. The lowest BCUT2D eigenvalue weighted by Gasteiger charge is -2.04. The highest BCUT2D eigenvalue weighted by molar-refractivity contribution is 9.10. The summed E-state index contributed by atoms with van der Waals surface area (Å²) in [6.45, 7) is 3.56. The summed E-state index contributed by atoms with van der Waals surface area (Å²) in [5.74, 6) is -1.16. The molecule has 2 rings (SSSR count). The van der Waals surface area contributed by atoms with E-state index in [4.69, 9.17) is 9.52 Å². The van der Waals surface area contributed by atoms with Crippen LogP contribution in [-0.2, 0) is 0 Å². The van der Waals surface area contributed by atoms with E-state index in [0.717, 1.165) is 17.5 Å². The zero-order valence-corrected chi connectivity index (χ0v) is 12.4. The second-order valence-electron chi connectivity index (χ2n) is 3.77. The molecule has 0 spiro atoms. The van der Waals surface area contributed by atoms with Crippen molar-refractivity contribution in [2.75, 3.05) is 0 Å². The molecule has 0 fully saturated rings. The van der Waals surface area contributed by atoms with E-state index in [0.29, 0.717) is 11.0 Å². The molecule has 0 aliphatic carbocycles. The Balaban J connectivity index is 2.36. The summed E-state index contributed by atoms with van der Waals surface area (Å²) in [5, 5.41) is 9.20. The van der Waals surface area contributed by atoms with Crippen molar-refractivity contribution >= 4 is 33.7 Å². The number of halogens is 2. The van der Waals surface area contributed by atoms with Gasteiger partial charge in [0.1, 0.15) is 5.76 Å². The number of nitrogens with zero attached hydrogens (tertiary/aromatic N) is 1. The molecule has 0 aliphatic heterocycles. The van der Waals surface area contributed by atoms with Crippen molar-refractivity contribution in [2.24, 2.45) is 0 Å². The summed E-state index contributed by atoms with van der Waals surface area (Å²) in [6, 6.07) is 2.73. The molecule has 0 unspecified atom stereocenters. The predicted octanol–water partition coefficient (Wildman–Crippen LogP) is 4.04. The van der Waals surface area contributed by atoms with Crippen LogP contribution in [0.1, 0.15) is 21.8 Å². The fourth-order valence-corrected chi connectivity index (χ4v) is 2.87. The fraction of sp³-hybridized carbons (Fsp3) is 0.167. The van der Waals surface area contributed by atoms with E-state index < -0.39 is 11.8 Å². The molecule has 7 heteroatoms. The number of carboxylic acid groups (broad SMARTS) is 1. The second kappa shape index (κ2) is 5.34. The van der Waals surface area contributed by atoms with Crippen LogP contribution in [0.3, 0.4) is 0 Å². The van der Waals surface area contributed by atoms with Crippen LogP contribution >= 0.6 is 27.7 Å². The number of carbonyl (C=O) groups is 1. The van der Waals surface area contributed by atoms with Crippen molar-refractivity contribution in [1.29, 1.82) is 0 Å². The van der Waals surface area contributed by atoms with Crippen LogP contribution in [0.25, 0.3) is 0 Å². The number of aryl methyl sites for hydroxylation is 2. The highest BCUT2D eigenvalue weighted by Crippen LogP contribution is 2.34. The van der Waals surface area contributed by atoms with Gasteiger partial charge in [0.2, 0.25) is 0 Å². The van der Waals surface area contributed by atoms with Gasteiger partial charge in [-0.25, -0.2) is 14.2 Å². The van der Waals surface area contributed by atoms with E-state index in [1.165, 1.54) is 12.1 Å². The van der Waals surface area contributed by atoms with E-state index in [2.05, 4.69) is 20.9 Å². The average Bonchev–Trinajstić information content (AvgIpc) is 2.64. The molecule has 0 saturated heterocycles. The Hall–Kier alpha value is -1.34. The summed E-state index contributed by atoms with van der Waals surface area (Å²) >= 11 is 3.95. The van der Waals surface area contributed by atoms with E-state index >= 15 is 0 Å². The number of carboxylic acids is 1. The molecule has 4 nitrogen and oxygen atoms in total. The molecular weight excluding hydrogens is 337 g/mol. The Morgan fingerprint density at radius 3 is 2.68 bits per heavy atom. The topological polar surface area (TPSA) is 63.3 Å². The van der Waals surface area contributed by atoms with Crippen LogP contribution in [0, 0.1) is 19.7 Å². The van der Waals surface area contributed by atoms with Gasteiger partial charge < -0.3 is 9.52 Å². The van der Waals surface area contributed by atoms with Gasteiger partial charge in [-0.2, -0.15) is 0 Å². The first-order chi connectivity index (χ1) is 8.90. The Bertz CT molecular complexity index is 637. The van der Waals surface area contributed by atoms with E-state index in [9.17, 15) is 9.18 Å². The van der Waals surface area contributed by atoms with Crippen LogP contribution in [-0.4, -0.2) is 16.1 Å². The molecule has 1 aromatic heterocycles. The highest BCUT2D eigenvalue weighted by atomic mass is 79.9. The molecule has 0 bridgehead atoms. The van der Waals surface area contributed by atoms with Gasteiger partial charge in [0.25, 0.3) is 5.22 Å². The minimum Gasteiger partial charge on any atom is -0.478 e. The molecule has 0 saturated carbocycles. The number of rotatable bonds is 3. The highest BCUT2D eigenvalue weighted by Gasteiger charge is 2.18. The average molecular weight is 346 g/mol. The van der Waals surface area contributed by atoms with E-state index in [-0.39, 0.29) is 14.9 Å². The van der Waals surface area contributed by atoms with Crippen LogP contribution in [0.2, 0.25) is 0 Å². The van der Waals surface area contributed by atoms with Crippen molar-refractivity contribution in [3.05, 3.63) is 39.4 Å². The zero-order valence-electron chi connectivity index (χ0n) is 10.0. The van der Waals surface area contributed by atoms with Gasteiger partial charge in [0, 0.05) is 0 Å². The van der Waals surface area contributed by atoms with Gasteiger partial charge in [0.15, 0.2) is 5.82 Å². The molecule has 100 valence electrons. The molecule has 0 amide bonds. The predicted molar refractivity (Wildman–Crippen MR) is 71.2 cm³/mol. The lowest BCUT2D eigenvalue weighted by molar-refractivity contribution is 0.0695. The quantitative estimate of drug-likeness (QED) is 0.909. The maximum Gasteiger partial charge on any atom is 0.336 e. The summed E-state index contributed by atoms with van der Waals surface area (Å²) < 4.78 is 19.3. The van der Waals surface area contributed by atoms with Crippen LogP contribution in [0.15, 0.2) is 31.1 Å². The Kier molecular flexibility index (Phi) is 3.96. The number of aromatic carboxylic acids is 1. The molecule has 0 aliphatic rings. The van der Waals surface area contributed by atoms with Gasteiger partial charge in [-0.15, -0.1) is 0 Å². The molecule has 1 heterocycles. The largest absolute Gasteiger partial charge is 0.478 e. The van der Waals surface area contributed by atoms with Crippen molar-refractivity contribution < 1.29 is 18.7 Å². The summed E-state index contributed by atoms with van der Waals surface area (Å²) in [5.41, 5.74) is 0.616. The minimum atomic E-state index is -1.19. The van der Waals surface area contributed by atoms with Gasteiger partial charge in [-0.3, -0.25) is 0 Å². The number of hydrogen-bond acceptors (Lipinski definition) is 4. The monoisotopic (exact) mass is 345 g/mol. The third-order valence-corrected chi connectivity index (χ3v) is 4.14. The van der Waals surface area contributed by atoms with E-state index in [1.54, 1.807) is 13.8 Å². The fourth-order valence-electron chi connectivity index (χ4n) is 1.36. The van der Waals surface area contributed by atoms with Crippen LogP contribution < -0.4 is 0 Å². The maximum atomic E-state index is 14.0. The van der Waals surface area contributed by atoms with Gasteiger partial charge >= 0.3 is 5.97 Å². The molecule has 0 atom stereocenters. The summed E-state index contributed by atoms with van der Waals surface area (Å²) in [6.07, 6.45) is 0. The molecule has 1 aromatic carbocycles. The SMILES string of the molecule is Cc1nc(Sc2ccc(C(=O)O)c(Br)c2F)oc1C. The number of oxazole rings is 1. The Morgan fingerprint density at radius 2 is 2.16 bits per heavy atom. The normalized spacial score (nSPS) is 10.7. The molecule has 19 heavy (non-hydrogen) atoms. The molecule has 1 N–H and O–H groups in total. The standard InChI is InChI=1S/C12H9BrFNO3S/c1-5-6(2)18-12(15-5)19-8-4-3-7(11(16)17)9(13)10(8)14/h3-4H,1-2H3,(H,16,17). The lowest BCUT2D eigenvalue weighted by Crippen LogP contribution is -2.00. The van der Waals surface area contributed by atoms with Crippen molar-refractivity contribution in [3.8, 4) is 0 Å². The zero-order chi connectivity index (χ0) is 14.2. The number of benzene rings is 1. The van der Waals surface area contributed by atoms with Crippen molar-refractivity contribution in [2.45, 2.75) is 24.0 Å². The van der Waals surface area contributed by atoms with Crippen LogP contribution in [0.4, 0.5) is 4.39 Å². The Morgan fingerprint density at radius 1 is 1.47 bits per heavy atom.